The topological polar surface area (TPSA) is 42.0 Å². The molecule has 17 heavy (non-hydrogen) atoms. The second kappa shape index (κ2) is 6.05. The molecular formula is C11H9ClN2OS2. The number of amides is 1. The van der Waals surface area contributed by atoms with E-state index in [0.29, 0.717) is 15.9 Å². The van der Waals surface area contributed by atoms with Crippen molar-refractivity contribution in [2.75, 3.05) is 11.1 Å². The zero-order valence-electron chi connectivity index (χ0n) is 8.72. The van der Waals surface area contributed by atoms with Crippen molar-refractivity contribution in [3.8, 4) is 0 Å². The monoisotopic (exact) mass is 284 g/mol. The van der Waals surface area contributed by atoms with Crippen LogP contribution in [0, 0.1) is 0 Å². The molecule has 0 bridgehead atoms. The fourth-order valence-electron chi connectivity index (χ4n) is 1.15. The molecular weight excluding hydrogens is 276 g/mol. The first kappa shape index (κ1) is 12.4. The number of benzene rings is 1. The molecule has 1 heterocycles. The molecule has 0 aliphatic rings. The quantitative estimate of drug-likeness (QED) is 0.874. The summed E-state index contributed by atoms with van der Waals surface area (Å²) in [6, 6.07) is 7.43. The van der Waals surface area contributed by atoms with Crippen LogP contribution in [0.1, 0.15) is 0 Å². The van der Waals surface area contributed by atoms with Crippen LogP contribution in [0.5, 0.6) is 0 Å². The van der Waals surface area contributed by atoms with Crippen molar-refractivity contribution in [1.29, 1.82) is 0 Å². The first-order valence-corrected chi connectivity index (χ1v) is 7.06. The Morgan fingerprint density at radius 1 is 1.53 bits per heavy atom. The third-order valence-electron chi connectivity index (χ3n) is 1.84. The second-order valence-corrected chi connectivity index (χ2v) is 5.51. The summed E-state index contributed by atoms with van der Waals surface area (Å²) in [7, 11) is 0. The predicted octanol–water partition coefficient (Wildman–Crippen LogP) is 3.53. The van der Waals surface area contributed by atoms with E-state index in [1.54, 1.807) is 12.3 Å². The van der Waals surface area contributed by atoms with Crippen molar-refractivity contribution in [3.05, 3.63) is 40.9 Å². The number of aromatic nitrogens is 1. The third-order valence-corrected chi connectivity index (χ3v) is 3.76. The molecule has 0 unspecified atom stereocenters. The van der Waals surface area contributed by atoms with Crippen LogP contribution in [0.2, 0.25) is 5.02 Å². The van der Waals surface area contributed by atoms with Gasteiger partial charge in [-0.05, 0) is 18.2 Å². The van der Waals surface area contributed by atoms with E-state index in [2.05, 4.69) is 10.3 Å². The molecule has 0 aliphatic carbocycles. The zero-order chi connectivity index (χ0) is 12.1. The number of carbonyl (C=O) groups excluding carboxylic acids is 1. The molecule has 2 aromatic rings. The molecule has 0 saturated carbocycles. The number of halogens is 1. The van der Waals surface area contributed by atoms with Gasteiger partial charge in [0.1, 0.15) is 0 Å². The van der Waals surface area contributed by atoms with Crippen molar-refractivity contribution in [3.63, 3.8) is 0 Å². The Balaban J connectivity index is 1.84. The van der Waals surface area contributed by atoms with Gasteiger partial charge in [-0.3, -0.25) is 4.79 Å². The number of thioether (sulfide) groups is 1. The Kier molecular flexibility index (Phi) is 4.42. The number of hydrogen-bond donors (Lipinski definition) is 1. The normalized spacial score (nSPS) is 10.2. The van der Waals surface area contributed by atoms with E-state index >= 15 is 0 Å². The molecule has 0 aliphatic heterocycles. The lowest BCUT2D eigenvalue weighted by molar-refractivity contribution is -0.113. The summed E-state index contributed by atoms with van der Waals surface area (Å²) < 4.78 is 0. The fourth-order valence-corrected chi connectivity index (χ4v) is 2.70. The number of hydrogen-bond acceptors (Lipinski definition) is 4. The van der Waals surface area contributed by atoms with E-state index < -0.39 is 0 Å². The first-order valence-electron chi connectivity index (χ1n) is 4.82. The fraction of sp³-hybridized carbons (Fsp3) is 0.0909. The van der Waals surface area contributed by atoms with Gasteiger partial charge in [0.25, 0.3) is 0 Å². The maximum absolute atomic E-state index is 11.6. The van der Waals surface area contributed by atoms with Crippen LogP contribution in [-0.4, -0.2) is 16.6 Å². The average Bonchev–Trinajstić information content (AvgIpc) is 2.79. The van der Waals surface area contributed by atoms with Gasteiger partial charge < -0.3 is 5.32 Å². The average molecular weight is 285 g/mol. The highest BCUT2D eigenvalue weighted by atomic mass is 35.5. The molecule has 0 radical (unpaired) electrons. The number of nitrogens with zero attached hydrogens (tertiary/aromatic N) is 1. The Bertz CT molecular complexity index is 502. The maximum Gasteiger partial charge on any atom is 0.236 e. The van der Waals surface area contributed by atoms with E-state index in [4.69, 9.17) is 11.6 Å². The Morgan fingerprint density at radius 3 is 3.12 bits per heavy atom. The molecule has 88 valence electrons. The van der Waals surface area contributed by atoms with Gasteiger partial charge in [-0.1, -0.05) is 17.7 Å². The van der Waals surface area contributed by atoms with Gasteiger partial charge in [0.15, 0.2) is 5.13 Å². The molecule has 2 rings (SSSR count). The number of carbonyl (C=O) groups is 1. The molecule has 3 nitrogen and oxygen atoms in total. The van der Waals surface area contributed by atoms with Crippen molar-refractivity contribution >= 4 is 45.7 Å². The standard InChI is InChI=1S/C11H9ClN2OS2/c12-8-2-1-3-9(6-8)17-7-10(15)14-11-13-4-5-16-11/h1-6H,7H2,(H,13,14,15). The molecule has 1 N–H and O–H groups in total. The van der Waals surface area contributed by atoms with Crippen LogP contribution in [0.15, 0.2) is 40.7 Å². The van der Waals surface area contributed by atoms with Gasteiger partial charge in [-0.2, -0.15) is 0 Å². The molecule has 1 aromatic carbocycles. The minimum absolute atomic E-state index is 0.0649. The lowest BCUT2D eigenvalue weighted by Crippen LogP contribution is -2.13. The lowest BCUT2D eigenvalue weighted by atomic mass is 10.4. The molecule has 1 amide bonds. The van der Waals surface area contributed by atoms with E-state index in [1.807, 2.05) is 23.6 Å². The largest absolute Gasteiger partial charge is 0.301 e. The van der Waals surface area contributed by atoms with Crippen molar-refractivity contribution in [2.45, 2.75) is 4.90 Å². The number of rotatable bonds is 4. The summed E-state index contributed by atoms with van der Waals surface area (Å²) in [4.78, 5) is 16.5. The molecule has 1 aromatic heterocycles. The summed E-state index contributed by atoms with van der Waals surface area (Å²) in [5.41, 5.74) is 0. The van der Waals surface area contributed by atoms with E-state index in [1.165, 1.54) is 23.1 Å². The summed E-state index contributed by atoms with van der Waals surface area (Å²) in [6.07, 6.45) is 1.66. The van der Waals surface area contributed by atoms with E-state index in [-0.39, 0.29) is 5.91 Å². The molecule has 0 atom stereocenters. The van der Waals surface area contributed by atoms with Crippen LogP contribution >= 0.6 is 34.7 Å². The highest BCUT2D eigenvalue weighted by molar-refractivity contribution is 8.00. The van der Waals surface area contributed by atoms with Crippen molar-refractivity contribution in [1.82, 2.24) is 4.98 Å². The van der Waals surface area contributed by atoms with Gasteiger partial charge in [-0.25, -0.2) is 4.98 Å². The Labute approximate surface area is 112 Å². The lowest BCUT2D eigenvalue weighted by Gasteiger charge is -2.02. The Morgan fingerprint density at radius 2 is 2.41 bits per heavy atom. The van der Waals surface area contributed by atoms with Crippen molar-refractivity contribution in [2.24, 2.45) is 0 Å². The number of thiazole rings is 1. The first-order chi connectivity index (χ1) is 8.24. The molecule has 0 spiro atoms. The summed E-state index contributed by atoms with van der Waals surface area (Å²) in [5.74, 6) is 0.282. The van der Waals surface area contributed by atoms with Crippen LogP contribution < -0.4 is 5.32 Å². The van der Waals surface area contributed by atoms with Gasteiger partial charge in [0.05, 0.1) is 5.75 Å². The van der Waals surface area contributed by atoms with Gasteiger partial charge >= 0.3 is 0 Å². The summed E-state index contributed by atoms with van der Waals surface area (Å²) >= 11 is 8.70. The third kappa shape index (κ3) is 4.03. The SMILES string of the molecule is O=C(CSc1cccc(Cl)c1)Nc1nccs1. The highest BCUT2D eigenvalue weighted by Crippen LogP contribution is 2.21. The molecule has 0 saturated heterocycles. The Hall–Kier alpha value is -1.04. The minimum Gasteiger partial charge on any atom is -0.301 e. The second-order valence-electron chi connectivity index (χ2n) is 3.13. The minimum atomic E-state index is -0.0649. The molecule has 0 fully saturated rings. The van der Waals surface area contributed by atoms with Crippen LogP contribution in [0.25, 0.3) is 0 Å². The zero-order valence-corrected chi connectivity index (χ0v) is 11.1. The summed E-state index contributed by atoms with van der Waals surface area (Å²) in [5, 5.41) is 5.84. The number of anilines is 1. The predicted molar refractivity (Wildman–Crippen MR) is 72.9 cm³/mol. The van der Waals surface area contributed by atoms with Gasteiger partial charge in [-0.15, -0.1) is 23.1 Å². The summed E-state index contributed by atoms with van der Waals surface area (Å²) in [6.45, 7) is 0. The smallest absolute Gasteiger partial charge is 0.236 e. The highest BCUT2D eigenvalue weighted by Gasteiger charge is 2.05. The van der Waals surface area contributed by atoms with Crippen LogP contribution in [-0.2, 0) is 4.79 Å². The van der Waals surface area contributed by atoms with Crippen molar-refractivity contribution < 1.29 is 4.79 Å². The van der Waals surface area contributed by atoms with Gasteiger partial charge in [0.2, 0.25) is 5.91 Å². The van der Waals surface area contributed by atoms with Crippen LogP contribution in [0.4, 0.5) is 5.13 Å². The van der Waals surface area contributed by atoms with Crippen LogP contribution in [0.3, 0.4) is 0 Å². The van der Waals surface area contributed by atoms with Gasteiger partial charge in [0, 0.05) is 21.5 Å². The maximum atomic E-state index is 11.6. The molecule has 6 heteroatoms. The van der Waals surface area contributed by atoms with E-state index in [9.17, 15) is 4.79 Å². The number of nitrogens with one attached hydrogen (secondary N) is 1. The van der Waals surface area contributed by atoms with E-state index in [0.717, 1.165) is 4.90 Å².